The fourth-order valence-corrected chi connectivity index (χ4v) is 2.12. The molecule has 19 heavy (non-hydrogen) atoms. The van der Waals surface area contributed by atoms with E-state index in [1.165, 1.54) is 12.8 Å². The smallest absolute Gasteiger partial charge is 0.319 e. The lowest BCUT2D eigenvalue weighted by atomic mass is 10.1. The maximum Gasteiger partial charge on any atom is 0.319 e. The number of nitriles is 1. The van der Waals surface area contributed by atoms with Crippen LogP contribution in [-0.2, 0) is 0 Å². The number of anilines is 1. The van der Waals surface area contributed by atoms with Crippen LogP contribution in [0.4, 0.5) is 10.5 Å². The van der Waals surface area contributed by atoms with Crippen molar-refractivity contribution in [2.24, 2.45) is 0 Å². The van der Waals surface area contributed by atoms with E-state index in [1.807, 2.05) is 6.07 Å². The van der Waals surface area contributed by atoms with E-state index in [2.05, 4.69) is 16.0 Å². The van der Waals surface area contributed by atoms with Gasteiger partial charge in [0.25, 0.3) is 0 Å². The number of hydrogen-bond donors (Lipinski definition) is 3. The van der Waals surface area contributed by atoms with Gasteiger partial charge in [-0.2, -0.15) is 5.26 Å². The van der Waals surface area contributed by atoms with E-state index in [1.54, 1.807) is 24.3 Å². The molecule has 5 nitrogen and oxygen atoms in total. The number of nitrogens with zero attached hydrogens (tertiary/aromatic N) is 1. The fourth-order valence-electron chi connectivity index (χ4n) is 2.12. The van der Waals surface area contributed by atoms with E-state index in [-0.39, 0.29) is 6.03 Å². The van der Waals surface area contributed by atoms with Crippen molar-refractivity contribution in [3.05, 3.63) is 29.8 Å². The summed E-state index contributed by atoms with van der Waals surface area (Å²) in [7, 11) is 0. The lowest BCUT2D eigenvalue weighted by molar-refractivity contribution is 0.249. The standard InChI is InChI=1S/C14H18N4O/c15-9-11-4-6-12(7-5-11)18-14(19)17-10-13-3-1-2-8-16-13/h4-7,13,16H,1-3,8,10H2,(H2,17,18,19). The van der Waals surface area contributed by atoms with Gasteiger partial charge in [-0.1, -0.05) is 6.42 Å². The predicted octanol–water partition coefficient (Wildman–Crippen LogP) is 1.82. The molecule has 1 saturated heterocycles. The highest BCUT2D eigenvalue weighted by molar-refractivity contribution is 5.89. The van der Waals surface area contributed by atoms with Crippen LogP contribution in [0.1, 0.15) is 24.8 Å². The summed E-state index contributed by atoms with van der Waals surface area (Å²) in [6, 6.07) is 9.00. The second kappa shape index (κ2) is 6.76. The average molecular weight is 258 g/mol. The topological polar surface area (TPSA) is 77.0 Å². The SMILES string of the molecule is N#Cc1ccc(NC(=O)NCC2CCCCN2)cc1. The Kier molecular flexibility index (Phi) is 4.76. The summed E-state index contributed by atoms with van der Waals surface area (Å²) in [5.74, 6) is 0. The van der Waals surface area contributed by atoms with E-state index in [9.17, 15) is 4.79 Å². The predicted molar refractivity (Wildman–Crippen MR) is 73.8 cm³/mol. The molecule has 0 spiro atoms. The highest BCUT2D eigenvalue weighted by Gasteiger charge is 2.13. The molecule has 1 aromatic carbocycles. The van der Waals surface area contributed by atoms with Crippen LogP contribution in [-0.4, -0.2) is 25.2 Å². The molecule has 5 heteroatoms. The van der Waals surface area contributed by atoms with Gasteiger partial charge in [0.2, 0.25) is 0 Å². The normalized spacial score (nSPS) is 18.4. The quantitative estimate of drug-likeness (QED) is 0.774. The van der Waals surface area contributed by atoms with Gasteiger partial charge in [-0.25, -0.2) is 4.79 Å². The first-order chi connectivity index (χ1) is 9.28. The number of hydrogen-bond acceptors (Lipinski definition) is 3. The fraction of sp³-hybridized carbons (Fsp3) is 0.429. The first-order valence-corrected chi connectivity index (χ1v) is 6.56. The van der Waals surface area contributed by atoms with Gasteiger partial charge in [0.05, 0.1) is 11.6 Å². The Labute approximate surface area is 113 Å². The van der Waals surface area contributed by atoms with Gasteiger partial charge in [0.15, 0.2) is 0 Å². The molecule has 0 bridgehead atoms. The van der Waals surface area contributed by atoms with Gasteiger partial charge in [0, 0.05) is 18.3 Å². The second-order valence-electron chi connectivity index (χ2n) is 4.67. The molecule has 1 unspecified atom stereocenters. The molecule has 3 N–H and O–H groups in total. The number of nitrogens with one attached hydrogen (secondary N) is 3. The van der Waals surface area contributed by atoms with Gasteiger partial charge in [0.1, 0.15) is 0 Å². The third-order valence-electron chi connectivity index (χ3n) is 3.19. The number of piperidine rings is 1. The van der Waals surface area contributed by atoms with Crippen molar-refractivity contribution in [2.45, 2.75) is 25.3 Å². The second-order valence-corrected chi connectivity index (χ2v) is 4.67. The number of amides is 2. The van der Waals surface area contributed by atoms with E-state index >= 15 is 0 Å². The van der Waals surface area contributed by atoms with Gasteiger partial charge in [-0.05, 0) is 43.7 Å². The first-order valence-electron chi connectivity index (χ1n) is 6.56. The maximum absolute atomic E-state index is 11.7. The molecule has 0 saturated carbocycles. The van der Waals surface area contributed by atoms with Crippen molar-refractivity contribution in [3.8, 4) is 6.07 Å². The van der Waals surface area contributed by atoms with Crippen molar-refractivity contribution >= 4 is 11.7 Å². The Bertz CT molecular complexity index is 457. The van der Waals surface area contributed by atoms with Crippen molar-refractivity contribution in [3.63, 3.8) is 0 Å². The van der Waals surface area contributed by atoms with Gasteiger partial charge >= 0.3 is 6.03 Å². The third-order valence-corrected chi connectivity index (χ3v) is 3.19. The minimum atomic E-state index is -0.211. The Morgan fingerprint density at radius 1 is 1.37 bits per heavy atom. The number of carbonyl (C=O) groups is 1. The molecule has 0 radical (unpaired) electrons. The maximum atomic E-state index is 11.7. The number of urea groups is 1. The molecular weight excluding hydrogens is 240 g/mol. The minimum Gasteiger partial charge on any atom is -0.336 e. The Morgan fingerprint density at radius 3 is 2.79 bits per heavy atom. The van der Waals surface area contributed by atoms with Gasteiger partial charge in [-0.15, -0.1) is 0 Å². The molecule has 0 aromatic heterocycles. The average Bonchev–Trinajstić information content (AvgIpc) is 2.47. The van der Waals surface area contributed by atoms with Crippen molar-refractivity contribution < 1.29 is 4.79 Å². The molecule has 1 aliphatic heterocycles. The van der Waals surface area contributed by atoms with Crippen LogP contribution in [0.2, 0.25) is 0 Å². The lowest BCUT2D eigenvalue weighted by Gasteiger charge is -2.23. The molecular formula is C14H18N4O. The van der Waals surface area contributed by atoms with Crippen LogP contribution in [0, 0.1) is 11.3 Å². The van der Waals surface area contributed by atoms with Crippen molar-refractivity contribution in [2.75, 3.05) is 18.4 Å². The van der Waals surface area contributed by atoms with Crippen LogP contribution in [0.15, 0.2) is 24.3 Å². The summed E-state index contributed by atoms with van der Waals surface area (Å²) in [5.41, 5.74) is 1.27. The third kappa shape index (κ3) is 4.27. The monoisotopic (exact) mass is 258 g/mol. The zero-order chi connectivity index (χ0) is 13.5. The zero-order valence-electron chi connectivity index (χ0n) is 10.8. The van der Waals surface area contributed by atoms with Crippen LogP contribution >= 0.6 is 0 Å². The zero-order valence-corrected chi connectivity index (χ0v) is 10.8. The van der Waals surface area contributed by atoms with E-state index < -0.39 is 0 Å². The van der Waals surface area contributed by atoms with Gasteiger partial charge in [-0.3, -0.25) is 0 Å². The Hall–Kier alpha value is -2.06. The Morgan fingerprint density at radius 2 is 2.16 bits per heavy atom. The molecule has 1 heterocycles. The molecule has 100 valence electrons. The molecule has 1 aromatic rings. The first kappa shape index (κ1) is 13.4. The number of benzene rings is 1. The summed E-state index contributed by atoms with van der Waals surface area (Å²) < 4.78 is 0. The molecule has 2 amide bonds. The summed E-state index contributed by atoms with van der Waals surface area (Å²) >= 11 is 0. The molecule has 1 fully saturated rings. The highest BCUT2D eigenvalue weighted by Crippen LogP contribution is 2.09. The molecule has 1 aliphatic rings. The summed E-state index contributed by atoms with van der Waals surface area (Å²) in [6.45, 7) is 1.67. The van der Waals surface area contributed by atoms with Gasteiger partial charge < -0.3 is 16.0 Å². The van der Waals surface area contributed by atoms with Crippen LogP contribution in [0.3, 0.4) is 0 Å². The van der Waals surface area contributed by atoms with Crippen LogP contribution in [0.5, 0.6) is 0 Å². The van der Waals surface area contributed by atoms with E-state index in [4.69, 9.17) is 5.26 Å². The Balaban J connectivity index is 1.75. The summed E-state index contributed by atoms with van der Waals surface area (Å²) in [4.78, 5) is 11.7. The number of rotatable bonds is 3. The van der Waals surface area contributed by atoms with Crippen molar-refractivity contribution in [1.82, 2.24) is 10.6 Å². The number of carbonyl (C=O) groups excluding carboxylic acids is 1. The largest absolute Gasteiger partial charge is 0.336 e. The van der Waals surface area contributed by atoms with Crippen molar-refractivity contribution in [1.29, 1.82) is 5.26 Å². The molecule has 2 rings (SSSR count). The molecule has 1 atom stereocenters. The molecule has 0 aliphatic carbocycles. The highest BCUT2D eigenvalue weighted by atomic mass is 16.2. The van der Waals surface area contributed by atoms with E-state index in [0.29, 0.717) is 23.8 Å². The van der Waals surface area contributed by atoms with Crippen LogP contribution in [0.25, 0.3) is 0 Å². The van der Waals surface area contributed by atoms with Crippen LogP contribution < -0.4 is 16.0 Å². The summed E-state index contributed by atoms with van der Waals surface area (Å²) in [5, 5.41) is 17.7. The van der Waals surface area contributed by atoms with E-state index in [0.717, 1.165) is 13.0 Å². The summed E-state index contributed by atoms with van der Waals surface area (Å²) in [6.07, 6.45) is 3.54. The lowest BCUT2D eigenvalue weighted by Crippen LogP contribution is -2.44. The minimum absolute atomic E-state index is 0.211.